The first-order valence-electron chi connectivity index (χ1n) is 11.9. The molecule has 1 fully saturated rings. The highest BCUT2D eigenvalue weighted by molar-refractivity contribution is 6.30. The zero-order valence-corrected chi connectivity index (χ0v) is 20.0. The van der Waals surface area contributed by atoms with E-state index in [9.17, 15) is 14.4 Å². The summed E-state index contributed by atoms with van der Waals surface area (Å²) in [6.45, 7) is 0.277. The Hall–Kier alpha value is -3.64. The van der Waals surface area contributed by atoms with E-state index in [0.717, 1.165) is 36.8 Å². The molecule has 0 radical (unpaired) electrons. The van der Waals surface area contributed by atoms with Crippen LogP contribution in [0, 0.1) is 0 Å². The van der Waals surface area contributed by atoms with Crippen LogP contribution in [0.3, 0.4) is 0 Å². The molecule has 0 spiro atoms. The van der Waals surface area contributed by atoms with E-state index >= 15 is 0 Å². The minimum absolute atomic E-state index is 0.00333. The van der Waals surface area contributed by atoms with Gasteiger partial charge in [0, 0.05) is 11.1 Å². The highest BCUT2D eigenvalue weighted by Crippen LogP contribution is 2.18. The fourth-order valence-electron chi connectivity index (χ4n) is 4.82. The summed E-state index contributed by atoms with van der Waals surface area (Å²) in [6, 6.07) is 21.7. The van der Waals surface area contributed by atoms with Crippen LogP contribution in [0.15, 0.2) is 82.4 Å². The molecule has 0 aliphatic heterocycles. The SMILES string of the molecule is O=C(Cc1ccc(-n2c(=O)c3ccccc3n(Cc3cccc(Cl)c3)c2=O)cc1)NC1CCCC1. The Morgan fingerprint density at radius 3 is 2.40 bits per heavy atom. The lowest BCUT2D eigenvalue weighted by Gasteiger charge is -2.15. The summed E-state index contributed by atoms with van der Waals surface area (Å²) in [5, 5.41) is 4.13. The molecule has 1 saturated carbocycles. The van der Waals surface area contributed by atoms with Crippen LogP contribution >= 0.6 is 11.6 Å². The number of amides is 1. The van der Waals surface area contributed by atoms with Crippen LogP contribution in [0.5, 0.6) is 0 Å². The topological polar surface area (TPSA) is 73.1 Å². The zero-order chi connectivity index (χ0) is 24.4. The van der Waals surface area contributed by atoms with Gasteiger partial charge in [0.1, 0.15) is 0 Å². The van der Waals surface area contributed by atoms with Gasteiger partial charge in [0.2, 0.25) is 5.91 Å². The highest BCUT2D eigenvalue weighted by atomic mass is 35.5. The Morgan fingerprint density at radius 1 is 0.914 bits per heavy atom. The van der Waals surface area contributed by atoms with Crippen molar-refractivity contribution in [1.82, 2.24) is 14.5 Å². The maximum atomic E-state index is 13.6. The number of fused-ring (bicyclic) bond motifs is 1. The van der Waals surface area contributed by atoms with Crippen LogP contribution < -0.4 is 16.6 Å². The lowest BCUT2D eigenvalue weighted by atomic mass is 10.1. The van der Waals surface area contributed by atoms with E-state index in [1.54, 1.807) is 53.1 Å². The molecule has 3 aromatic carbocycles. The number of aromatic nitrogens is 2. The number of rotatable bonds is 6. The number of hydrogen-bond donors (Lipinski definition) is 1. The van der Waals surface area contributed by atoms with Gasteiger partial charge in [-0.2, -0.15) is 0 Å². The van der Waals surface area contributed by atoms with Gasteiger partial charge < -0.3 is 5.32 Å². The third-order valence-electron chi connectivity index (χ3n) is 6.56. The van der Waals surface area contributed by atoms with Crippen molar-refractivity contribution in [2.75, 3.05) is 0 Å². The van der Waals surface area contributed by atoms with Crippen LogP contribution in [0.2, 0.25) is 5.02 Å². The molecule has 1 heterocycles. The molecule has 6 nitrogen and oxygen atoms in total. The van der Waals surface area contributed by atoms with Crippen molar-refractivity contribution in [3.05, 3.63) is 110 Å². The van der Waals surface area contributed by atoms with E-state index in [0.29, 0.717) is 21.6 Å². The first-order valence-corrected chi connectivity index (χ1v) is 12.2. The second-order valence-electron chi connectivity index (χ2n) is 9.05. The van der Waals surface area contributed by atoms with Gasteiger partial charge in [-0.3, -0.25) is 14.2 Å². The predicted molar refractivity (Wildman–Crippen MR) is 138 cm³/mol. The van der Waals surface area contributed by atoms with Crippen molar-refractivity contribution in [3.8, 4) is 5.69 Å². The standard InChI is InChI=1S/C28H26ClN3O3/c29-21-7-5-6-20(16-21)18-31-25-11-4-3-10-24(25)27(34)32(28(31)35)23-14-12-19(13-15-23)17-26(33)30-22-8-1-2-9-22/h3-7,10-16,22H,1-2,8-9,17-18H2,(H,30,33). The van der Waals surface area contributed by atoms with E-state index < -0.39 is 5.69 Å². The summed E-state index contributed by atoms with van der Waals surface area (Å²) in [5.74, 6) is -0.00333. The lowest BCUT2D eigenvalue weighted by molar-refractivity contribution is -0.121. The van der Waals surface area contributed by atoms with Gasteiger partial charge in [0.05, 0.1) is 29.6 Å². The molecule has 1 amide bonds. The van der Waals surface area contributed by atoms with Gasteiger partial charge in [0.15, 0.2) is 0 Å². The molecule has 1 aromatic heterocycles. The average Bonchev–Trinajstić information content (AvgIpc) is 3.36. The second-order valence-corrected chi connectivity index (χ2v) is 9.48. The summed E-state index contributed by atoms with van der Waals surface area (Å²) >= 11 is 6.15. The van der Waals surface area contributed by atoms with Gasteiger partial charge in [-0.05, 0) is 60.4 Å². The first-order chi connectivity index (χ1) is 17.0. The molecule has 5 rings (SSSR count). The van der Waals surface area contributed by atoms with E-state index in [-0.39, 0.29) is 30.5 Å². The van der Waals surface area contributed by atoms with E-state index in [2.05, 4.69) is 5.32 Å². The predicted octanol–water partition coefficient (Wildman–Crippen LogP) is 4.46. The van der Waals surface area contributed by atoms with Crippen molar-refractivity contribution in [3.63, 3.8) is 0 Å². The van der Waals surface area contributed by atoms with Crippen molar-refractivity contribution < 1.29 is 4.79 Å². The van der Waals surface area contributed by atoms with Gasteiger partial charge in [-0.1, -0.05) is 60.8 Å². The smallest absolute Gasteiger partial charge is 0.336 e. The number of benzene rings is 3. The lowest BCUT2D eigenvalue weighted by Crippen LogP contribution is -2.39. The number of hydrogen-bond acceptors (Lipinski definition) is 3. The minimum Gasteiger partial charge on any atom is -0.353 e. The summed E-state index contributed by atoms with van der Waals surface area (Å²) in [4.78, 5) is 39.3. The van der Waals surface area contributed by atoms with E-state index in [4.69, 9.17) is 11.6 Å². The van der Waals surface area contributed by atoms with E-state index in [1.165, 1.54) is 4.57 Å². The van der Waals surface area contributed by atoms with Crippen molar-refractivity contribution >= 4 is 28.4 Å². The number of halogens is 1. The monoisotopic (exact) mass is 487 g/mol. The number of para-hydroxylation sites is 1. The molecule has 1 aliphatic carbocycles. The Kier molecular flexibility index (Phi) is 6.55. The minimum atomic E-state index is -0.430. The van der Waals surface area contributed by atoms with E-state index in [1.807, 2.05) is 24.3 Å². The molecular weight excluding hydrogens is 462 g/mol. The van der Waals surface area contributed by atoms with Crippen LogP contribution in [-0.2, 0) is 17.8 Å². The number of nitrogens with one attached hydrogen (secondary N) is 1. The molecule has 7 heteroatoms. The first kappa shape index (κ1) is 23.1. The van der Waals surface area contributed by atoms with Crippen molar-refractivity contribution in [2.24, 2.45) is 0 Å². The van der Waals surface area contributed by atoms with Gasteiger partial charge in [-0.25, -0.2) is 9.36 Å². The summed E-state index contributed by atoms with van der Waals surface area (Å²) in [6.07, 6.45) is 4.67. The molecular formula is C28H26ClN3O3. The number of carbonyl (C=O) groups excluding carboxylic acids is 1. The number of carbonyl (C=O) groups is 1. The highest BCUT2D eigenvalue weighted by Gasteiger charge is 2.18. The summed E-state index contributed by atoms with van der Waals surface area (Å²) in [7, 11) is 0. The fraction of sp³-hybridized carbons (Fsp3) is 0.250. The maximum absolute atomic E-state index is 13.6. The zero-order valence-electron chi connectivity index (χ0n) is 19.2. The average molecular weight is 488 g/mol. The molecule has 0 unspecified atom stereocenters. The largest absolute Gasteiger partial charge is 0.353 e. The van der Waals surface area contributed by atoms with Gasteiger partial charge in [-0.15, -0.1) is 0 Å². The fourth-order valence-corrected chi connectivity index (χ4v) is 5.03. The van der Waals surface area contributed by atoms with Crippen LogP contribution in [0.1, 0.15) is 36.8 Å². The van der Waals surface area contributed by atoms with Crippen molar-refractivity contribution in [1.29, 1.82) is 0 Å². The molecule has 1 aliphatic rings. The van der Waals surface area contributed by atoms with Crippen LogP contribution in [-0.4, -0.2) is 21.1 Å². The van der Waals surface area contributed by atoms with Crippen molar-refractivity contribution in [2.45, 2.75) is 44.7 Å². The molecule has 1 N–H and O–H groups in total. The quantitative estimate of drug-likeness (QED) is 0.436. The van der Waals surface area contributed by atoms with Crippen LogP contribution in [0.4, 0.5) is 0 Å². The molecule has 0 bridgehead atoms. The Bertz CT molecular complexity index is 1500. The van der Waals surface area contributed by atoms with Gasteiger partial charge in [0.25, 0.3) is 5.56 Å². The molecule has 0 atom stereocenters. The molecule has 4 aromatic rings. The number of nitrogens with zero attached hydrogens (tertiary/aromatic N) is 2. The molecule has 35 heavy (non-hydrogen) atoms. The van der Waals surface area contributed by atoms with Crippen LogP contribution in [0.25, 0.3) is 16.6 Å². The van der Waals surface area contributed by atoms with Gasteiger partial charge >= 0.3 is 5.69 Å². The molecule has 178 valence electrons. The molecule has 0 saturated heterocycles. The Morgan fingerprint density at radius 2 is 1.66 bits per heavy atom. The Balaban J connectivity index is 1.49. The third-order valence-corrected chi connectivity index (χ3v) is 6.79. The Labute approximate surface area is 207 Å². The summed E-state index contributed by atoms with van der Waals surface area (Å²) in [5.41, 5.74) is 1.92. The normalized spacial score (nSPS) is 13.9. The second kappa shape index (κ2) is 9.92. The summed E-state index contributed by atoms with van der Waals surface area (Å²) < 4.78 is 2.78. The maximum Gasteiger partial charge on any atom is 0.336 e. The third kappa shape index (κ3) is 4.93.